The molecule has 0 fully saturated rings. The van der Waals surface area contributed by atoms with Crippen LogP contribution in [0.3, 0.4) is 0 Å². The first-order valence-electron chi connectivity index (χ1n) is 14.7. The number of benzene rings is 4. The van der Waals surface area contributed by atoms with Crippen LogP contribution in [-0.2, 0) is 19.3 Å². The lowest BCUT2D eigenvalue weighted by molar-refractivity contribution is 0.934. The van der Waals surface area contributed by atoms with Gasteiger partial charge in [0.05, 0.1) is 17.1 Å². The van der Waals surface area contributed by atoms with Crippen molar-refractivity contribution in [2.45, 2.75) is 39.5 Å². The van der Waals surface area contributed by atoms with E-state index in [1.54, 1.807) is 0 Å². The average molecular weight is 529 g/mol. The molecule has 1 aromatic heterocycles. The molecule has 4 aromatic carbocycles. The standard InChI is InChI=1S/C39H32N2/c1-24-31-22-20-28-12-6-8-14-33(28)38(31)40-36(24)35(30-18-16-27(17-19-30)26-10-4-3-5-11-26)37-25(2)32-23-21-29-13-7-9-15-34(29)39(32)41-37/h3-19,40H,20-23H2,1-2H3. The maximum absolute atomic E-state index is 5.46. The van der Waals surface area contributed by atoms with E-state index < -0.39 is 0 Å². The SMILES string of the molecule is CC1=C2CCc3ccccc3C2=NC1=C(c1ccc(-c2ccccc2)cc1)c1[nH]c2c(c1C)CCc1ccccc1-2. The fourth-order valence-corrected chi connectivity index (χ4v) is 7.11. The van der Waals surface area contributed by atoms with Gasteiger partial charge in [0.1, 0.15) is 0 Å². The third kappa shape index (κ3) is 3.82. The minimum Gasteiger partial charge on any atom is -0.354 e. The number of fused-ring (bicyclic) bond motifs is 6. The maximum Gasteiger partial charge on any atom is 0.0769 e. The van der Waals surface area contributed by atoms with E-state index in [1.807, 2.05) is 0 Å². The largest absolute Gasteiger partial charge is 0.354 e. The van der Waals surface area contributed by atoms with Gasteiger partial charge in [-0.2, -0.15) is 0 Å². The van der Waals surface area contributed by atoms with Crippen molar-refractivity contribution in [1.29, 1.82) is 0 Å². The zero-order valence-corrected chi connectivity index (χ0v) is 23.6. The van der Waals surface area contributed by atoms with E-state index in [4.69, 9.17) is 4.99 Å². The number of allylic oxidation sites excluding steroid dienone is 2. The summed E-state index contributed by atoms with van der Waals surface area (Å²) in [5.41, 5.74) is 20.6. The Labute approximate surface area is 241 Å². The summed E-state index contributed by atoms with van der Waals surface area (Å²) in [7, 11) is 0. The molecule has 0 spiro atoms. The molecule has 1 aliphatic heterocycles. The Morgan fingerprint density at radius 3 is 2.05 bits per heavy atom. The van der Waals surface area contributed by atoms with Crippen molar-refractivity contribution in [3.63, 3.8) is 0 Å². The fourth-order valence-electron chi connectivity index (χ4n) is 7.11. The summed E-state index contributed by atoms with van der Waals surface area (Å²) < 4.78 is 0. The van der Waals surface area contributed by atoms with E-state index in [0.29, 0.717) is 0 Å². The Morgan fingerprint density at radius 2 is 1.27 bits per heavy atom. The van der Waals surface area contributed by atoms with Crippen LogP contribution in [0.25, 0.3) is 28.0 Å². The lowest BCUT2D eigenvalue weighted by atomic mass is 9.84. The van der Waals surface area contributed by atoms with Gasteiger partial charge in [0, 0.05) is 22.4 Å². The van der Waals surface area contributed by atoms with E-state index >= 15 is 0 Å². The van der Waals surface area contributed by atoms with Gasteiger partial charge in [0.25, 0.3) is 0 Å². The number of hydrogen-bond acceptors (Lipinski definition) is 1. The van der Waals surface area contributed by atoms with Crippen LogP contribution in [0.2, 0.25) is 0 Å². The zero-order chi connectivity index (χ0) is 27.5. The molecule has 1 N–H and O–H groups in total. The molecule has 0 saturated heterocycles. The molecule has 2 nitrogen and oxygen atoms in total. The van der Waals surface area contributed by atoms with Crippen molar-refractivity contribution in [3.05, 3.63) is 159 Å². The third-order valence-corrected chi connectivity index (χ3v) is 9.31. The molecular weight excluding hydrogens is 496 g/mol. The van der Waals surface area contributed by atoms with E-state index in [2.05, 4.69) is 122 Å². The molecule has 41 heavy (non-hydrogen) atoms. The molecule has 0 radical (unpaired) electrons. The van der Waals surface area contributed by atoms with Crippen molar-refractivity contribution >= 4 is 11.3 Å². The van der Waals surface area contributed by atoms with Crippen molar-refractivity contribution in [2.75, 3.05) is 0 Å². The molecule has 0 unspecified atom stereocenters. The third-order valence-electron chi connectivity index (χ3n) is 9.31. The maximum atomic E-state index is 5.46. The van der Waals surface area contributed by atoms with E-state index in [0.717, 1.165) is 37.1 Å². The average Bonchev–Trinajstić information content (AvgIpc) is 3.55. The number of nitrogens with one attached hydrogen (secondary N) is 1. The molecule has 3 aliphatic rings. The zero-order valence-electron chi connectivity index (χ0n) is 23.6. The second-order valence-electron chi connectivity index (χ2n) is 11.5. The number of rotatable bonds is 3. The minimum absolute atomic E-state index is 1.04. The molecule has 2 heterocycles. The van der Waals surface area contributed by atoms with Crippen molar-refractivity contribution < 1.29 is 0 Å². The fraction of sp³-hybridized carbons (Fsp3) is 0.154. The molecule has 0 atom stereocenters. The summed E-state index contributed by atoms with van der Waals surface area (Å²) in [4.78, 5) is 9.41. The van der Waals surface area contributed by atoms with E-state index in [1.165, 1.54) is 78.2 Å². The Kier molecular flexibility index (Phi) is 5.56. The molecule has 198 valence electrons. The molecule has 2 heteroatoms. The highest BCUT2D eigenvalue weighted by atomic mass is 14.8. The van der Waals surface area contributed by atoms with Crippen LogP contribution >= 0.6 is 0 Å². The summed E-state index contributed by atoms with van der Waals surface area (Å²) in [5, 5.41) is 0. The predicted octanol–water partition coefficient (Wildman–Crippen LogP) is 9.28. The summed E-state index contributed by atoms with van der Waals surface area (Å²) in [6, 6.07) is 37.4. The number of hydrogen-bond donors (Lipinski definition) is 1. The van der Waals surface area contributed by atoms with Gasteiger partial charge in [-0.05, 0) is 89.6 Å². The van der Waals surface area contributed by atoms with Crippen molar-refractivity contribution in [3.8, 4) is 22.4 Å². The highest BCUT2D eigenvalue weighted by Gasteiger charge is 2.31. The molecule has 0 saturated carbocycles. The van der Waals surface area contributed by atoms with Crippen molar-refractivity contribution in [2.24, 2.45) is 4.99 Å². The Morgan fingerprint density at radius 1 is 0.634 bits per heavy atom. The highest BCUT2D eigenvalue weighted by Crippen LogP contribution is 2.44. The normalized spacial score (nSPS) is 16.5. The first-order valence-corrected chi connectivity index (χ1v) is 14.7. The second-order valence-corrected chi connectivity index (χ2v) is 11.5. The lowest BCUT2D eigenvalue weighted by Gasteiger charge is -2.18. The van der Waals surface area contributed by atoms with Crippen LogP contribution in [-0.4, -0.2) is 10.7 Å². The van der Waals surface area contributed by atoms with Crippen molar-refractivity contribution in [1.82, 2.24) is 4.98 Å². The van der Waals surface area contributed by atoms with Crippen LogP contribution < -0.4 is 0 Å². The number of aromatic nitrogens is 1. The number of aryl methyl sites for hydroxylation is 2. The number of H-pyrrole nitrogens is 1. The quantitative estimate of drug-likeness (QED) is 0.242. The van der Waals surface area contributed by atoms with Gasteiger partial charge in [0.2, 0.25) is 0 Å². The monoisotopic (exact) mass is 528 g/mol. The van der Waals surface area contributed by atoms with Crippen LogP contribution in [0.5, 0.6) is 0 Å². The number of aromatic amines is 1. The van der Waals surface area contributed by atoms with E-state index in [-0.39, 0.29) is 0 Å². The van der Waals surface area contributed by atoms with Crippen LogP contribution in [0.15, 0.2) is 125 Å². The summed E-state index contributed by atoms with van der Waals surface area (Å²) in [5.74, 6) is 0. The Bertz CT molecular complexity index is 1930. The van der Waals surface area contributed by atoms with Gasteiger partial charge in [-0.1, -0.05) is 103 Å². The van der Waals surface area contributed by atoms with Crippen LogP contribution in [0.4, 0.5) is 0 Å². The molecule has 0 amide bonds. The first kappa shape index (κ1) is 24.1. The lowest BCUT2D eigenvalue weighted by Crippen LogP contribution is -2.13. The predicted molar refractivity (Wildman–Crippen MR) is 170 cm³/mol. The van der Waals surface area contributed by atoms with Gasteiger partial charge in [-0.25, -0.2) is 4.99 Å². The smallest absolute Gasteiger partial charge is 0.0769 e. The summed E-state index contributed by atoms with van der Waals surface area (Å²) in [6.07, 6.45) is 4.26. The minimum atomic E-state index is 1.04. The molecule has 0 bridgehead atoms. The van der Waals surface area contributed by atoms with E-state index in [9.17, 15) is 0 Å². The topological polar surface area (TPSA) is 28.1 Å². The van der Waals surface area contributed by atoms with Gasteiger partial charge in [-0.3, -0.25) is 0 Å². The van der Waals surface area contributed by atoms with Crippen LogP contribution in [0, 0.1) is 6.92 Å². The Balaban J connectivity index is 1.36. The van der Waals surface area contributed by atoms with Crippen LogP contribution in [0.1, 0.15) is 52.4 Å². The second kappa shape index (κ2) is 9.45. The molecule has 5 aromatic rings. The highest BCUT2D eigenvalue weighted by molar-refractivity contribution is 6.18. The molecule has 2 aliphatic carbocycles. The van der Waals surface area contributed by atoms with Gasteiger partial charge < -0.3 is 4.98 Å². The van der Waals surface area contributed by atoms with Gasteiger partial charge in [0.15, 0.2) is 0 Å². The van der Waals surface area contributed by atoms with Gasteiger partial charge >= 0.3 is 0 Å². The van der Waals surface area contributed by atoms with Gasteiger partial charge in [-0.15, -0.1) is 0 Å². The first-order chi connectivity index (χ1) is 20.2. The molecule has 8 rings (SSSR count). The molecular formula is C39H32N2. The summed E-state index contributed by atoms with van der Waals surface area (Å²) in [6.45, 7) is 4.57. The number of aliphatic imine (C=N–C) groups is 1. The Hall–Kier alpha value is -4.69. The summed E-state index contributed by atoms with van der Waals surface area (Å²) >= 11 is 0. The number of nitrogens with zero attached hydrogens (tertiary/aromatic N) is 1.